The van der Waals surface area contributed by atoms with Crippen molar-refractivity contribution in [2.45, 2.75) is 83.5 Å². The lowest BCUT2D eigenvalue weighted by atomic mass is 10.2. The van der Waals surface area contributed by atoms with Crippen molar-refractivity contribution in [3.8, 4) is 0 Å². The minimum absolute atomic E-state index is 0.402. The molecule has 0 aromatic carbocycles. The summed E-state index contributed by atoms with van der Waals surface area (Å²) in [6.45, 7) is 16.7. The van der Waals surface area contributed by atoms with Crippen LogP contribution in [0.4, 0.5) is 0 Å². The summed E-state index contributed by atoms with van der Waals surface area (Å²) in [7, 11) is -1.69. The van der Waals surface area contributed by atoms with E-state index in [2.05, 4.69) is 41.5 Å². The predicted molar refractivity (Wildman–Crippen MR) is 80.3 cm³/mol. The Morgan fingerprint density at radius 2 is 1.50 bits per heavy atom. The van der Waals surface area contributed by atoms with Gasteiger partial charge in [0.1, 0.15) is 0 Å². The molecular weight excluding hydrogens is 240 g/mol. The van der Waals surface area contributed by atoms with Crippen molar-refractivity contribution in [2.24, 2.45) is 5.92 Å². The zero-order valence-corrected chi connectivity index (χ0v) is 14.3. The summed E-state index contributed by atoms with van der Waals surface area (Å²) in [4.78, 5) is 0. The molecule has 1 aliphatic carbocycles. The summed E-state index contributed by atoms with van der Waals surface area (Å²) in [5.74, 6) is 0.468. The number of hydrogen-bond donors (Lipinski definition) is 1. The summed E-state index contributed by atoms with van der Waals surface area (Å²) in [5.41, 5.74) is 1.55. The van der Waals surface area contributed by atoms with Gasteiger partial charge in [-0.05, 0) is 42.3 Å². The minimum Gasteiger partial charge on any atom is -0.416 e. The fourth-order valence-electron chi connectivity index (χ4n) is 3.73. The molecule has 0 heterocycles. The molecule has 2 atom stereocenters. The van der Waals surface area contributed by atoms with Gasteiger partial charge in [0.05, 0.1) is 5.60 Å². The van der Waals surface area contributed by atoms with Gasteiger partial charge in [-0.1, -0.05) is 41.5 Å². The molecule has 0 aromatic heterocycles. The van der Waals surface area contributed by atoms with Gasteiger partial charge in [0.15, 0.2) is 8.32 Å². The standard InChI is InChI=1S/C15H32O2Si/c1-11(2)18(12(3)4,13(5)6)17-9-8-14-10-15(14,7)16/h11-14,16H,8-10H2,1-7H3/t14-,15-/m0/s1. The Hall–Kier alpha value is 0.137. The van der Waals surface area contributed by atoms with Crippen LogP contribution in [0.3, 0.4) is 0 Å². The highest BCUT2D eigenvalue weighted by molar-refractivity contribution is 6.77. The fraction of sp³-hybridized carbons (Fsp3) is 1.00. The molecule has 0 aromatic rings. The van der Waals surface area contributed by atoms with Crippen molar-refractivity contribution in [3.63, 3.8) is 0 Å². The molecule has 1 rings (SSSR count). The van der Waals surface area contributed by atoms with Crippen LogP contribution in [0.25, 0.3) is 0 Å². The van der Waals surface area contributed by atoms with Gasteiger partial charge in [-0.15, -0.1) is 0 Å². The molecule has 1 saturated carbocycles. The molecule has 1 fully saturated rings. The Morgan fingerprint density at radius 3 is 1.78 bits per heavy atom. The Labute approximate surface area is 114 Å². The topological polar surface area (TPSA) is 29.5 Å². The first-order valence-electron chi connectivity index (χ1n) is 7.51. The summed E-state index contributed by atoms with van der Waals surface area (Å²) in [6.07, 6.45) is 1.98. The summed E-state index contributed by atoms with van der Waals surface area (Å²) in [5, 5.41) is 9.80. The monoisotopic (exact) mass is 272 g/mol. The van der Waals surface area contributed by atoms with Crippen LogP contribution in [0, 0.1) is 5.92 Å². The highest BCUT2D eigenvalue weighted by Gasteiger charge is 2.49. The van der Waals surface area contributed by atoms with Gasteiger partial charge in [0.25, 0.3) is 0 Å². The van der Waals surface area contributed by atoms with E-state index in [1.165, 1.54) is 0 Å². The second kappa shape index (κ2) is 5.64. The Kier molecular flexibility index (Phi) is 5.07. The maximum Gasteiger partial charge on any atom is 0.200 e. The fourth-order valence-corrected chi connectivity index (χ4v) is 9.20. The van der Waals surface area contributed by atoms with Crippen LogP contribution in [0.15, 0.2) is 0 Å². The van der Waals surface area contributed by atoms with E-state index in [1.807, 2.05) is 6.92 Å². The average molecular weight is 273 g/mol. The van der Waals surface area contributed by atoms with E-state index < -0.39 is 13.9 Å². The number of aliphatic hydroxyl groups is 1. The van der Waals surface area contributed by atoms with E-state index in [4.69, 9.17) is 4.43 Å². The first-order valence-corrected chi connectivity index (χ1v) is 9.65. The normalized spacial score (nSPS) is 28.5. The molecule has 0 saturated heterocycles. The molecule has 1 N–H and O–H groups in total. The van der Waals surface area contributed by atoms with Gasteiger partial charge < -0.3 is 9.53 Å². The van der Waals surface area contributed by atoms with Crippen LogP contribution < -0.4 is 0 Å². The largest absolute Gasteiger partial charge is 0.416 e. The lowest BCUT2D eigenvalue weighted by Crippen LogP contribution is -2.48. The number of rotatable bonds is 7. The van der Waals surface area contributed by atoms with Crippen LogP contribution >= 0.6 is 0 Å². The summed E-state index contributed by atoms with van der Waals surface area (Å²) >= 11 is 0. The Balaban J connectivity index is 2.56. The molecule has 0 bridgehead atoms. The summed E-state index contributed by atoms with van der Waals surface area (Å²) in [6, 6.07) is 0. The van der Waals surface area contributed by atoms with Crippen molar-refractivity contribution in [2.75, 3.05) is 6.61 Å². The zero-order valence-electron chi connectivity index (χ0n) is 13.3. The van der Waals surface area contributed by atoms with Gasteiger partial charge in [0.2, 0.25) is 0 Å². The van der Waals surface area contributed by atoms with E-state index in [0.717, 1.165) is 19.4 Å². The molecule has 0 unspecified atom stereocenters. The quantitative estimate of drug-likeness (QED) is 0.699. The van der Waals surface area contributed by atoms with Crippen LogP contribution in [0.2, 0.25) is 16.6 Å². The molecular formula is C15H32O2Si. The van der Waals surface area contributed by atoms with Crippen LogP contribution in [0.1, 0.15) is 61.3 Å². The van der Waals surface area contributed by atoms with Crippen LogP contribution in [-0.2, 0) is 4.43 Å². The molecule has 18 heavy (non-hydrogen) atoms. The van der Waals surface area contributed by atoms with Crippen molar-refractivity contribution in [1.82, 2.24) is 0 Å². The maximum absolute atomic E-state index is 9.80. The highest BCUT2D eigenvalue weighted by Crippen LogP contribution is 2.46. The highest BCUT2D eigenvalue weighted by atomic mass is 28.4. The smallest absolute Gasteiger partial charge is 0.200 e. The lowest BCUT2D eigenvalue weighted by molar-refractivity contribution is 0.142. The molecule has 2 nitrogen and oxygen atoms in total. The third kappa shape index (κ3) is 3.17. The van der Waals surface area contributed by atoms with Crippen molar-refractivity contribution < 1.29 is 9.53 Å². The molecule has 0 radical (unpaired) electrons. The molecule has 0 aliphatic heterocycles. The second-order valence-corrected chi connectivity index (χ2v) is 12.7. The van der Waals surface area contributed by atoms with Crippen LogP contribution in [0.5, 0.6) is 0 Å². The van der Waals surface area contributed by atoms with E-state index >= 15 is 0 Å². The van der Waals surface area contributed by atoms with Crippen molar-refractivity contribution in [3.05, 3.63) is 0 Å². The summed E-state index contributed by atoms with van der Waals surface area (Å²) < 4.78 is 6.49. The minimum atomic E-state index is -1.69. The van der Waals surface area contributed by atoms with Crippen LogP contribution in [-0.4, -0.2) is 25.6 Å². The molecule has 1 aliphatic rings. The molecule has 0 amide bonds. The van der Waals surface area contributed by atoms with Gasteiger partial charge in [0, 0.05) is 6.61 Å². The maximum atomic E-state index is 9.80. The third-order valence-electron chi connectivity index (χ3n) is 4.90. The first-order chi connectivity index (χ1) is 8.14. The zero-order chi connectivity index (χ0) is 14.1. The van der Waals surface area contributed by atoms with Crippen molar-refractivity contribution >= 4 is 8.32 Å². The van der Waals surface area contributed by atoms with E-state index in [-0.39, 0.29) is 0 Å². The Morgan fingerprint density at radius 1 is 1.11 bits per heavy atom. The SMILES string of the molecule is CC(C)[Si](OCC[C@H]1C[C@]1(C)O)(C(C)C)C(C)C. The number of hydrogen-bond acceptors (Lipinski definition) is 2. The van der Waals surface area contributed by atoms with E-state index in [0.29, 0.717) is 22.5 Å². The van der Waals surface area contributed by atoms with E-state index in [9.17, 15) is 5.11 Å². The van der Waals surface area contributed by atoms with Crippen molar-refractivity contribution in [1.29, 1.82) is 0 Å². The Bertz CT molecular complexity index is 250. The third-order valence-corrected chi connectivity index (χ3v) is 11.0. The van der Waals surface area contributed by atoms with E-state index in [1.54, 1.807) is 0 Å². The molecule has 3 heteroatoms. The van der Waals surface area contributed by atoms with Gasteiger partial charge in [-0.3, -0.25) is 0 Å². The average Bonchev–Trinajstić information content (AvgIpc) is 2.79. The van der Waals surface area contributed by atoms with Gasteiger partial charge >= 0.3 is 0 Å². The van der Waals surface area contributed by atoms with Gasteiger partial charge in [-0.2, -0.15) is 0 Å². The molecule has 0 spiro atoms. The predicted octanol–water partition coefficient (Wildman–Crippen LogP) is 4.34. The molecule has 108 valence electrons. The van der Waals surface area contributed by atoms with Gasteiger partial charge in [-0.25, -0.2) is 0 Å². The first kappa shape index (κ1) is 16.2. The second-order valence-electron chi connectivity index (χ2n) is 7.21. The lowest BCUT2D eigenvalue weighted by Gasteiger charge is -2.42.